The van der Waals surface area contributed by atoms with Crippen molar-refractivity contribution in [1.29, 1.82) is 5.41 Å². The van der Waals surface area contributed by atoms with Gasteiger partial charge in [0.2, 0.25) is 0 Å². The van der Waals surface area contributed by atoms with E-state index >= 15 is 0 Å². The van der Waals surface area contributed by atoms with Crippen molar-refractivity contribution >= 4 is 23.9 Å². The number of carbonyl (C=O) groups excluding carboxylic acids is 3. The summed E-state index contributed by atoms with van der Waals surface area (Å²) < 4.78 is 15.4. The van der Waals surface area contributed by atoms with Gasteiger partial charge in [0.1, 0.15) is 11.8 Å². The van der Waals surface area contributed by atoms with Gasteiger partial charge in [-0.25, -0.2) is 4.79 Å². The fraction of sp³-hybridized carbons (Fsp3) is 0.500. The van der Waals surface area contributed by atoms with E-state index in [0.29, 0.717) is 17.7 Å². The molecule has 0 aliphatic rings. The number of methoxy groups -OCH3 is 2. The lowest BCUT2D eigenvalue weighted by atomic mass is 10.1. The van der Waals surface area contributed by atoms with E-state index in [1.165, 1.54) is 20.4 Å². The molecule has 0 radical (unpaired) electrons. The average Bonchev–Trinajstić information content (AvgIpc) is 2.65. The Morgan fingerprint density at radius 1 is 1.26 bits per heavy atom. The molecular weight excluding hydrogens is 354 g/mol. The first-order chi connectivity index (χ1) is 12.8. The average molecular weight is 379 g/mol. The summed E-state index contributed by atoms with van der Waals surface area (Å²) in [5, 5.41) is 9.48. The molecule has 27 heavy (non-hydrogen) atoms. The van der Waals surface area contributed by atoms with Gasteiger partial charge in [-0.2, -0.15) is 0 Å². The Morgan fingerprint density at radius 2 is 1.96 bits per heavy atom. The predicted molar refractivity (Wildman–Crippen MR) is 96.7 cm³/mol. The summed E-state index contributed by atoms with van der Waals surface area (Å²) >= 11 is 0. The van der Waals surface area contributed by atoms with Crippen LogP contribution in [0.2, 0.25) is 0 Å². The summed E-state index contributed by atoms with van der Waals surface area (Å²) in [4.78, 5) is 40.3. The fourth-order valence-corrected chi connectivity index (χ4v) is 2.20. The number of Topliss-reactive ketones (excluding diaryl/α,β-unsaturated/α-hetero) is 1. The van der Waals surface area contributed by atoms with Crippen LogP contribution >= 0.6 is 0 Å². The molecule has 0 fully saturated rings. The Morgan fingerprint density at radius 3 is 2.44 bits per heavy atom. The van der Waals surface area contributed by atoms with Crippen molar-refractivity contribution in [1.82, 2.24) is 10.3 Å². The number of rotatable bonds is 11. The van der Waals surface area contributed by atoms with Crippen LogP contribution in [-0.2, 0) is 23.9 Å². The Hall–Kier alpha value is -2.81. The van der Waals surface area contributed by atoms with Crippen molar-refractivity contribution in [2.45, 2.75) is 44.9 Å². The molecule has 2 N–H and O–H groups in total. The lowest BCUT2D eigenvalue weighted by molar-refractivity contribution is -0.152. The van der Waals surface area contributed by atoms with Gasteiger partial charge >= 0.3 is 5.97 Å². The number of aromatic nitrogens is 1. The Balaban J connectivity index is 2.90. The molecule has 0 unspecified atom stereocenters. The number of nitrogens with zero attached hydrogens (tertiary/aromatic N) is 1. The molecule has 9 nitrogen and oxygen atoms in total. The maximum Gasteiger partial charge on any atom is 0.328 e. The van der Waals surface area contributed by atoms with Crippen molar-refractivity contribution in [2.24, 2.45) is 0 Å². The first kappa shape index (κ1) is 22.2. The highest BCUT2D eigenvalue weighted by atomic mass is 16.5. The molecule has 0 aromatic carbocycles. The third-order valence-corrected chi connectivity index (χ3v) is 3.53. The van der Waals surface area contributed by atoms with Gasteiger partial charge in [-0.05, 0) is 32.4 Å². The molecule has 0 aliphatic carbocycles. The van der Waals surface area contributed by atoms with Crippen molar-refractivity contribution in [2.75, 3.05) is 14.2 Å². The highest BCUT2D eigenvalue weighted by Gasteiger charge is 2.29. The molecule has 2 atom stereocenters. The summed E-state index contributed by atoms with van der Waals surface area (Å²) in [5.74, 6) is -1.18. The van der Waals surface area contributed by atoms with Crippen LogP contribution in [0.25, 0.3) is 0 Å². The second-order valence-corrected chi connectivity index (χ2v) is 5.93. The smallest absolute Gasteiger partial charge is 0.328 e. The number of nitrogens with one attached hydrogen (secondary N) is 2. The van der Waals surface area contributed by atoms with Crippen LogP contribution < -0.4 is 10.1 Å². The van der Waals surface area contributed by atoms with Crippen molar-refractivity contribution in [3.63, 3.8) is 0 Å². The van der Waals surface area contributed by atoms with E-state index in [9.17, 15) is 14.4 Å². The highest BCUT2D eigenvalue weighted by Crippen LogP contribution is 2.18. The summed E-state index contributed by atoms with van der Waals surface area (Å²) in [6, 6.07) is 2.17. The van der Waals surface area contributed by atoms with E-state index < -0.39 is 29.8 Å². The number of hydrogen-bond donors (Lipinski definition) is 2. The Labute approximate surface area is 157 Å². The van der Waals surface area contributed by atoms with Crippen LogP contribution in [0.5, 0.6) is 5.75 Å². The van der Waals surface area contributed by atoms with Crippen molar-refractivity contribution < 1.29 is 28.6 Å². The number of pyridine rings is 1. The lowest BCUT2D eigenvalue weighted by Crippen LogP contribution is -2.45. The molecule has 1 amide bonds. The molecule has 0 spiro atoms. The fourth-order valence-electron chi connectivity index (χ4n) is 2.20. The van der Waals surface area contributed by atoms with Gasteiger partial charge in [-0.3, -0.25) is 14.6 Å². The first-order valence-electron chi connectivity index (χ1n) is 8.39. The minimum absolute atomic E-state index is 0.0119. The second-order valence-electron chi connectivity index (χ2n) is 5.93. The quantitative estimate of drug-likeness (QED) is 0.437. The molecule has 0 bridgehead atoms. The normalized spacial score (nSPS) is 12.8. The minimum Gasteiger partial charge on any atom is -0.495 e. The van der Waals surface area contributed by atoms with Crippen LogP contribution in [0, 0.1) is 5.41 Å². The zero-order chi connectivity index (χ0) is 20.4. The molecule has 1 rings (SSSR count). The molecule has 0 saturated heterocycles. The van der Waals surface area contributed by atoms with Gasteiger partial charge in [-0.1, -0.05) is 0 Å². The SMILES string of the molecule is COc1ccc([C@@H](OC)C(=O)N[C@@H](CCC(=O)C=N)C(=O)OC(C)C)nc1. The van der Waals surface area contributed by atoms with Crippen LogP contribution in [0.3, 0.4) is 0 Å². The van der Waals surface area contributed by atoms with E-state index in [1.54, 1.807) is 26.0 Å². The zero-order valence-corrected chi connectivity index (χ0v) is 15.9. The molecule has 148 valence electrons. The minimum atomic E-state index is -1.05. The van der Waals surface area contributed by atoms with E-state index in [1.807, 2.05) is 0 Å². The first-order valence-corrected chi connectivity index (χ1v) is 8.39. The third-order valence-electron chi connectivity index (χ3n) is 3.53. The molecule has 0 saturated carbocycles. The van der Waals surface area contributed by atoms with Crippen LogP contribution in [0.4, 0.5) is 0 Å². The van der Waals surface area contributed by atoms with E-state index in [0.717, 1.165) is 0 Å². The molecule has 9 heteroatoms. The van der Waals surface area contributed by atoms with E-state index in [4.69, 9.17) is 19.6 Å². The van der Waals surface area contributed by atoms with Gasteiger partial charge in [0.25, 0.3) is 5.91 Å². The monoisotopic (exact) mass is 379 g/mol. The van der Waals surface area contributed by atoms with Crippen LogP contribution in [-0.4, -0.2) is 55.2 Å². The largest absolute Gasteiger partial charge is 0.495 e. The van der Waals surface area contributed by atoms with Crippen LogP contribution in [0.1, 0.15) is 38.5 Å². The Bertz CT molecular complexity index is 660. The number of ether oxygens (including phenoxy) is 3. The molecule has 1 aromatic rings. The second kappa shape index (κ2) is 11.0. The van der Waals surface area contributed by atoms with E-state index in [-0.39, 0.29) is 18.9 Å². The summed E-state index contributed by atoms with van der Waals surface area (Å²) in [6.07, 6.45) is 0.631. The summed E-state index contributed by atoms with van der Waals surface area (Å²) in [7, 11) is 2.84. The molecular formula is C18H25N3O6. The van der Waals surface area contributed by atoms with Gasteiger partial charge in [0.05, 0.1) is 31.3 Å². The highest BCUT2D eigenvalue weighted by molar-refractivity contribution is 6.26. The standard InChI is InChI=1S/C18H25N3O6/c1-11(2)27-18(24)15(7-5-12(22)9-19)21-17(23)16(26-4)14-8-6-13(25-3)10-20-14/h6,8-11,15-16,19H,5,7H2,1-4H3,(H,21,23)/t15-,16+/m0/s1. The third kappa shape index (κ3) is 7.14. The van der Waals surface area contributed by atoms with E-state index in [2.05, 4.69) is 10.3 Å². The van der Waals surface area contributed by atoms with Gasteiger partial charge in [-0.15, -0.1) is 0 Å². The van der Waals surface area contributed by atoms with Gasteiger partial charge < -0.3 is 24.9 Å². The number of ketones is 1. The molecule has 1 aromatic heterocycles. The van der Waals surface area contributed by atoms with Crippen LogP contribution in [0.15, 0.2) is 18.3 Å². The number of amides is 1. The summed E-state index contributed by atoms with van der Waals surface area (Å²) in [5.41, 5.74) is 0.336. The molecule has 0 aliphatic heterocycles. The predicted octanol–water partition coefficient (Wildman–Crippen LogP) is 1.21. The number of hydrogen-bond acceptors (Lipinski definition) is 8. The Kier molecular flexibility index (Phi) is 9.07. The van der Waals surface area contributed by atoms with Crippen molar-refractivity contribution in [3.8, 4) is 5.75 Å². The number of carbonyl (C=O) groups is 3. The lowest BCUT2D eigenvalue weighted by Gasteiger charge is -2.21. The van der Waals surface area contributed by atoms with Gasteiger partial charge in [0.15, 0.2) is 11.9 Å². The maximum absolute atomic E-state index is 12.6. The maximum atomic E-state index is 12.6. The zero-order valence-electron chi connectivity index (χ0n) is 15.9. The molecule has 1 heterocycles. The number of esters is 1. The topological polar surface area (TPSA) is 128 Å². The van der Waals surface area contributed by atoms with Crippen molar-refractivity contribution in [3.05, 3.63) is 24.0 Å². The summed E-state index contributed by atoms with van der Waals surface area (Å²) in [6.45, 7) is 3.36. The van der Waals surface area contributed by atoms with Gasteiger partial charge in [0, 0.05) is 13.5 Å².